The minimum Gasteiger partial charge on any atom is -0.389 e. The summed E-state index contributed by atoms with van der Waals surface area (Å²) >= 11 is 5.11. The first-order valence-electron chi connectivity index (χ1n) is 6.57. The Morgan fingerprint density at radius 1 is 1.28 bits per heavy atom. The molecule has 0 aliphatic rings. The van der Waals surface area contributed by atoms with Crippen LogP contribution in [0, 0.1) is 12.8 Å². The molecule has 100 valence electrons. The first-order chi connectivity index (χ1) is 8.41. The van der Waals surface area contributed by atoms with Gasteiger partial charge in [0.05, 0.1) is 0 Å². The second kappa shape index (κ2) is 6.74. The zero-order valence-electron chi connectivity index (χ0n) is 11.8. The Morgan fingerprint density at radius 3 is 2.50 bits per heavy atom. The number of rotatable bonds is 6. The molecule has 0 aromatic heterocycles. The molecular formula is C15H24N2S. The molecule has 0 radical (unpaired) electrons. The van der Waals surface area contributed by atoms with Gasteiger partial charge in [-0.25, -0.2) is 0 Å². The molecule has 2 nitrogen and oxygen atoms in total. The van der Waals surface area contributed by atoms with E-state index in [1.54, 1.807) is 0 Å². The van der Waals surface area contributed by atoms with Crippen molar-refractivity contribution in [1.29, 1.82) is 0 Å². The van der Waals surface area contributed by atoms with Gasteiger partial charge in [-0.1, -0.05) is 38.2 Å². The lowest BCUT2D eigenvalue weighted by atomic mass is 10.0. The normalized spacial score (nSPS) is 12.5. The molecule has 0 saturated heterocycles. The number of hydrogen-bond acceptors (Lipinski definition) is 2. The van der Waals surface area contributed by atoms with Crippen molar-refractivity contribution in [2.45, 2.75) is 46.6 Å². The number of hydrogen-bond donors (Lipinski definition) is 2. The fourth-order valence-electron chi connectivity index (χ4n) is 1.97. The van der Waals surface area contributed by atoms with Crippen LogP contribution in [-0.2, 0) is 0 Å². The number of thiocarbonyl (C=S) groups is 1. The van der Waals surface area contributed by atoms with Gasteiger partial charge in [0.2, 0.25) is 0 Å². The van der Waals surface area contributed by atoms with Crippen LogP contribution >= 0.6 is 12.2 Å². The highest BCUT2D eigenvalue weighted by Crippen LogP contribution is 2.22. The van der Waals surface area contributed by atoms with Crippen LogP contribution in [0.3, 0.4) is 0 Å². The van der Waals surface area contributed by atoms with E-state index in [-0.39, 0.29) is 0 Å². The third-order valence-corrected chi connectivity index (χ3v) is 3.33. The largest absolute Gasteiger partial charge is 0.389 e. The Labute approximate surface area is 116 Å². The van der Waals surface area contributed by atoms with E-state index in [0.29, 0.717) is 11.0 Å². The van der Waals surface area contributed by atoms with E-state index in [1.807, 2.05) is 12.1 Å². The summed E-state index contributed by atoms with van der Waals surface area (Å²) in [5, 5.41) is 3.55. The van der Waals surface area contributed by atoms with Gasteiger partial charge in [0.15, 0.2) is 0 Å². The molecule has 0 spiro atoms. The van der Waals surface area contributed by atoms with Gasteiger partial charge in [0, 0.05) is 17.3 Å². The number of nitrogens with one attached hydrogen (secondary N) is 1. The fourth-order valence-corrected chi connectivity index (χ4v) is 2.14. The molecule has 3 heteroatoms. The Bertz CT molecular complexity index is 413. The summed E-state index contributed by atoms with van der Waals surface area (Å²) in [4.78, 5) is 0.456. The Morgan fingerprint density at radius 2 is 1.94 bits per heavy atom. The quantitative estimate of drug-likeness (QED) is 0.766. The highest BCUT2D eigenvalue weighted by atomic mass is 32.1. The van der Waals surface area contributed by atoms with E-state index in [4.69, 9.17) is 18.0 Å². The number of anilines is 1. The van der Waals surface area contributed by atoms with Crippen LogP contribution in [0.15, 0.2) is 18.2 Å². The summed E-state index contributed by atoms with van der Waals surface area (Å²) in [6, 6.07) is 6.49. The van der Waals surface area contributed by atoms with Crippen LogP contribution in [0.4, 0.5) is 5.69 Å². The summed E-state index contributed by atoms with van der Waals surface area (Å²) in [5.41, 5.74) is 8.99. The molecule has 0 amide bonds. The van der Waals surface area contributed by atoms with E-state index < -0.39 is 0 Å². The first kappa shape index (κ1) is 15.0. The number of benzene rings is 1. The van der Waals surface area contributed by atoms with Crippen molar-refractivity contribution in [3.8, 4) is 0 Å². The Balaban J connectivity index is 2.80. The van der Waals surface area contributed by atoms with Gasteiger partial charge in [0.25, 0.3) is 0 Å². The third-order valence-electron chi connectivity index (χ3n) is 3.11. The van der Waals surface area contributed by atoms with Gasteiger partial charge in [0.1, 0.15) is 4.99 Å². The van der Waals surface area contributed by atoms with Crippen molar-refractivity contribution in [3.05, 3.63) is 29.3 Å². The van der Waals surface area contributed by atoms with Crippen molar-refractivity contribution >= 4 is 22.9 Å². The molecule has 0 aliphatic heterocycles. The predicted octanol–water partition coefficient (Wildman–Crippen LogP) is 3.87. The summed E-state index contributed by atoms with van der Waals surface area (Å²) in [6.07, 6.45) is 2.38. The second-order valence-electron chi connectivity index (χ2n) is 5.38. The minimum atomic E-state index is 0.432. The summed E-state index contributed by atoms with van der Waals surface area (Å²) < 4.78 is 0. The summed E-state index contributed by atoms with van der Waals surface area (Å²) in [6.45, 7) is 8.79. The van der Waals surface area contributed by atoms with Crippen molar-refractivity contribution in [1.82, 2.24) is 0 Å². The smallest absolute Gasteiger partial charge is 0.106 e. The van der Waals surface area contributed by atoms with E-state index in [0.717, 1.165) is 23.6 Å². The molecule has 1 aromatic carbocycles. The van der Waals surface area contributed by atoms with Crippen molar-refractivity contribution in [2.75, 3.05) is 5.32 Å². The molecule has 0 aliphatic carbocycles. The van der Waals surface area contributed by atoms with E-state index in [1.165, 1.54) is 12.0 Å². The predicted molar refractivity (Wildman–Crippen MR) is 84.2 cm³/mol. The van der Waals surface area contributed by atoms with Crippen LogP contribution in [0.5, 0.6) is 0 Å². The van der Waals surface area contributed by atoms with Crippen LogP contribution in [0.1, 0.15) is 44.7 Å². The number of nitrogens with two attached hydrogens (primary N) is 1. The number of aryl methyl sites for hydroxylation is 1. The lowest BCUT2D eigenvalue weighted by Gasteiger charge is -2.20. The molecule has 18 heavy (non-hydrogen) atoms. The topological polar surface area (TPSA) is 38.0 Å². The molecule has 1 atom stereocenters. The lowest BCUT2D eigenvalue weighted by Crippen LogP contribution is -2.20. The standard InChI is InChI=1S/C15H24N2S/c1-10(2)8-9-12(4)17-14-11(3)6-5-7-13(14)15(16)18/h5-7,10,12,17H,8-9H2,1-4H3,(H2,16,18). The zero-order chi connectivity index (χ0) is 13.7. The van der Waals surface area contributed by atoms with Crippen LogP contribution in [-0.4, -0.2) is 11.0 Å². The SMILES string of the molecule is Cc1cccc(C(N)=S)c1NC(C)CCC(C)C. The molecule has 0 fully saturated rings. The average molecular weight is 264 g/mol. The molecular weight excluding hydrogens is 240 g/mol. The van der Waals surface area contributed by atoms with Gasteiger partial charge in [-0.3, -0.25) is 0 Å². The average Bonchev–Trinajstić information content (AvgIpc) is 2.28. The second-order valence-corrected chi connectivity index (χ2v) is 5.82. The van der Waals surface area contributed by atoms with E-state index in [2.05, 4.69) is 39.1 Å². The van der Waals surface area contributed by atoms with Crippen molar-refractivity contribution in [3.63, 3.8) is 0 Å². The molecule has 3 N–H and O–H groups in total. The van der Waals surface area contributed by atoms with Crippen molar-refractivity contribution in [2.24, 2.45) is 11.7 Å². The Kier molecular flexibility index (Phi) is 5.60. The van der Waals surface area contributed by atoms with E-state index >= 15 is 0 Å². The first-order valence-corrected chi connectivity index (χ1v) is 6.98. The maximum Gasteiger partial charge on any atom is 0.106 e. The Hall–Kier alpha value is -1.09. The molecule has 0 heterocycles. The maximum absolute atomic E-state index is 5.77. The maximum atomic E-state index is 5.77. The van der Waals surface area contributed by atoms with Gasteiger partial charge >= 0.3 is 0 Å². The molecule has 1 aromatic rings. The summed E-state index contributed by atoms with van der Waals surface area (Å²) in [5.74, 6) is 0.737. The van der Waals surface area contributed by atoms with E-state index in [9.17, 15) is 0 Å². The highest BCUT2D eigenvalue weighted by molar-refractivity contribution is 7.80. The van der Waals surface area contributed by atoms with Gasteiger partial charge in [-0.05, 0) is 44.2 Å². The highest BCUT2D eigenvalue weighted by Gasteiger charge is 2.11. The van der Waals surface area contributed by atoms with Crippen molar-refractivity contribution < 1.29 is 0 Å². The lowest BCUT2D eigenvalue weighted by molar-refractivity contribution is 0.527. The number of para-hydroxylation sites is 1. The fraction of sp³-hybridized carbons (Fsp3) is 0.533. The third kappa shape index (κ3) is 4.30. The van der Waals surface area contributed by atoms with Gasteiger partial charge < -0.3 is 11.1 Å². The minimum absolute atomic E-state index is 0.432. The van der Waals surface area contributed by atoms with Crippen LogP contribution in [0.2, 0.25) is 0 Å². The van der Waals surface area contributed by atoms with Crippen LogP contribution in [0.25, 0.3) is 0 Å². The molecule has 1 unspecified atom stereocenters. The molecule has 1 rings (SSSR count). The monoisotopic (exact) mass is 264 g/mol. The summed E-state index contributed by atoms with van der Waals surface area (Å²) in [7, 11) is 0. The molecule has 0 saturated carbocycles. The zero-order valence-corrected chi connectivity index (χ0v) is 12.6. The molecule has 0 bridgehead atoms. The van der Waals surface area contributed by atoms with Crippen LogP contribution < -0.4 is 11.1 Å². The van der Waals surface area contributed by atoms with Gasteiger partial charge in [-0.2, -0.15) is 0 Å². The van der Waals surface area contributed by atoms with Gasteiger partial charge in [-0.15, -0.1) is 0 Å².